The van der Waals surface area contributed by atoms with Crippen LogP contribution < -0.4 is 50.2 Å². The van der Waals surface area contributed by atoms with Crippen molar-refractivity contribution in [3.8, 4) is 0 Å². The molecular weight excluding hydrogens is 337 g/mol. The molecule has 0 fully saturated rings. The van der Waals surface area contributed by atoms with Gasteiger partial charge < -0.3 is 25.6 Å². The van der Waals surface area contributed by atoms with Crippen molar-refractivity contribution in [1.29, 1.82) is 0 Å². The van der Waals surface area contributed by atoms with Gasteiger partial charge in [0.15, 0.2) is 5.13 Å². The van der Waals surface area contributed by atoms with E-state index >= 15 is 0 Å². The minimum absolute atomic E-state index is 0. The number of aromatic nitrogens is 4. The number of carbonyl (C=O) groups excluding carboxylic acids is 1. The van der Waals surface area contributed by atoms with Gasteiger partial charge in [-0.1, -0.05) is 5.16 Å². The van der Waals surface area contributed by atoms with Gasteiger partial charge in [0.25, 0.3) is 6.33 Å². The third-order valence-electron chi connectivity index (χ3n) is 2.22. The minimum atomic E-state index is -1.32. The first-order chi connectivity index (χ1) is 10.5. The largest absolute Gasteiger partial charge is 1.00 e. The number of hydrogen-bond acceptors (Lipinski definition) is 10. The van der Waals surface area contributed by atoms with E-state index in [-0.39, 0.29) is 46.1 Å². The van der Waals surface area contributed by atoms with Crippen LogP contribution in [0.4, 0.5) is 5.13 Å². The summed E-state index contributed by atoms with van der Waals surface area (Å²) in [6, 6.07) is 0. The van der Waals surface area contributed by atoms with Crippen LogP contribution >= 0.6 is 11.3 Å². The summed E-state index contributed by atoms with van der Waals surface area (Å²) in [5, 5.41) is 35.3. The Morgan fingerprint density at radius 3 is 2.87 bits per heavy atom. The second-order valence-corrected chi connectivity index (χ2v) is 4.68. The van der Waals surface area contributed by atoms with E-state index in [1.807, 2.05) is 0 Å². The van der Waals surface area contributed by atoms with E-state index in [9.17, 15) is 15.0 Å². The maximum absolute atomic E-state index is 12.1. The van der Waals surface area contributed by atoms with Crippen molar-refractivity contribution < 1.29 is 54.1 Å². The van der Waals surface area contributed by atoms with Gasteiger partial charge in [0, 0.05) is 10.5 Å². The molecule has 2 heterocycles. The molecule has 0 aromatic carbocycles. The minimum Gasteiger partial charge on any atom is -0.855 e. The zero-order chi connectivity index (χ0) is 16.1. The zero-order valence-corrected chi connectivity index (χ0v) is 15.1. The molecule has 13 heteroatoms. The van der Waals surface area contributed by atoms with Crippen molar-refractivity contribution in [2.24, 2.45) is 10.3 Å². The summed E-state index contributed by atoms with van der Waals surface area (Å²) in [4.78, 5) is 19.0. The second kappa shape index (κ2) is 8.57. The third-order valence-corrected chi connectivity index (χ3v) is 2.89. The van der Waals surface area contributed by atoms with Gasteiger partial charge in [-0.2, -0.15) is 0 Å². The first-order valence-electron chi connectivity index (χ1n) is 5.72. The van der Waals surface area contributed by atoms with Crippen LogP contribution in [0.3, 0.4) is 0 Å². The average Bonchev–Trinajstić information content (AvgIpc) is 3.04. The van der Waals surface area contributed by atoms with E-state index in [4.69, 9.17) is 5.73 Å². The molecule has 2 rings (SSSR count). The third kappa shape index (κ3) is 5.28. The van der Waals surface area contributed by atoms with Crippen molar-refractivity contribution in [3.05, 3.63) is 23.7 Å². The monoisotopic (exact) mass is 347 g/mol. The molecule has 0 aliphatic heterocycles. The van der Waals surface area contributed by atoms with Crippen LogP contribution in [0.15, 0.2) is 28.3 Å². The predicted octanol–water partition coefficient (Wildman–Crippen LogP) is -6.46. The molecule has 2 aromatic rings. The molecule has 23 heavy (non-hydrogen) atoms. The zero-order valence-electron chi connectivity index (χ0n) is 12.2. The van der Waals surface area contributed by atoms with Gasteiger partial charge in [-0.15, -0.1) is 25.8 Å². The number of carbonyl (C=O) groups is 1. The van der Waals surface area contributed by atoms with E-state index < -0.39 is 18.4 Å². The van der Waals surface area contributed by atoms with Crippen molar-refractivity contribution in [3.63, 3.8) is 0 Å². The smallest absolute Gasteiger partial charge is 0.855 e. The Balaban J connectivity index is 0.00000264. The molecule has 0 saturated carbocycles. The van der Waals surface area contributed by atoms with Crippen LogP contribution in [0.25, 0.3) is 0 Å². The Morgan fingerprint density at radius 2 is 2.30 bits per heavy atom. The summed E-state index contributed by atoms with van der Waals surface area (Å²) in [7, 11) is 1.27. The Hall–Kier alpha value is -2.02. The molecule has 0 aliphatic rings. The summed E-state index contributed by atoms with van der Waals surface area (Å²) < 4.78 is 2.08. The number of nitrogens with zero attached hydrogens (tertiary/aromatic N) is 6. The standard InChI is InChI=1S/C10H11N7O4S.Na/c1-21-15-8(6-3-22-10(11)13-6)9(20)14-17-4-12-16(5-17)2-7(18)19;/h3-5H,2H2,1H3,(H3-,11,13,14,18,19,20);/q;+1/p-1/b15-8-;. The van der Waals surface area contributed by atoms with Crippen molar-refractivity contribution in [1.82, 2.24) is 14.8 Å². The number of thiazole rings is 1. The number of nitrogens with two attached hydrogens (primary N) is 1. The molecule has 11 nitrogen and oxygen atoms in total. The van der Waals surface area contributed by atoms with Gasteiger partial charge >= 0.3 is 29.6 Å². The fourth-order valence-corrected chi connectivity index (χ4v) is 1.96. The van der Waals surface area contributed by atoms with E-state index in [0.29, 0.717) is 0 Å². The number of nitrogen functional groups attached to an aromatic ring is 1. The molecule has 0 radical (unpaired) electrons. The van der Waals surface area contributed by atoms with Gasteiger partial charge in [-0.25, -0.2) is 4.98 Å². The molecule has 0 bridgehead atoms. The molecule has 0 amide bonds. The molecule has 2 N–H and O–H groups in total. The van der Waals surface area contributed by atoms with Crippen molar-refractivity contribution in [2.75, 3.05) is 12.8 Å². The van der Waals surface area contributed by atoms with Gasteiger partial charge in [-0.3, -0.25) is 0 Å². The summed E-state index contributed by atoms with van der Waals surface area (Å²) in [6.07, 6.45) is 2.36. The predicted molar refractivity (Wildman–Crippen MR) is 70.3 cm³/mol. The van der Waals surface area contributed by atoms with Gasteiger partial charge in [0.1, 0.15) is 25.1 Å². The van der Waals surface area contributed by atoms with Crippen LogP contribution in [0, 0.1) is 0 Å². The number of carboxylic acids is 1. The van der Waals surface area contributed by atoms with E-state index in [1.54, 1.807) is 0 Å². The number of carboxylic acid groups (broad SMARTS) is 1. The number of oxime groups is 1. The molecule has 0 unspecified atom stereocenters. The fourth-order valence-electron chi connectivity index (χ4n) is 1.42. The van der Waals surface area contributed by atoms with E-state index in [2.05, 4.69) is 25.2 Å². The molecule has 0 aliphatic carbocycles. The van der Waals surface area contributed by atoms with Crippen LogP contribution in [-0.4, -0.2) is 39.5 Å². The van der Waals surface area contributed by atoms with Crippen molar-refractivity contribution >= 4 is 34.0 Å². The van der Waals surface area contributed by atoms with E-state index in [1.165, 1.54) is 18.8 Å². The molecule has 116 valence electrons. The molecular formula is C10H10N7NaO4S. The molecule has 0 spiro atoms. The van der Waals surface area contributed by atoms with Gasteiger partial charge in [-0.05, 0) is 0 Å². The Kier molecular flexibility index (Phi) is 7.09. The molecule has 2 aromatic heterocycles. The van der Waals surface area contributed by atoms with Crippen LogP contribution in [-0.2, 0) is 16.2 Å². The number of rotatable bonds is 6. The summed E-state index contributed by atoms with van der Waals surface area (Å²) in [5.74, 6) is -2.08. The van der Waals surface area contributed by atoms with Crippen LogP contribution in [0.1, 0.15) is 5.69 Å². The maximum atomic E-state index is 12.1. The number of aliphatic carboxylic acids is 1. The second-order valence-electron chi connectivity index (χ2n) is 3.79. The first-order valence-corrected chi connectivity index (χ1v) is 6.60. The molecule has 0 atom stereocenters. The normalized spacial score (nSPS) is 11.9. The number of anilines is 1. The summed E-state index contributed by atoms with van der Waals surface area (Å²) in [5.41, 5.74) is 5.58. The molecule has 0 saturated heterocycles. The Morgan fingerprint density at radius 1 is 1.57 bits per heavy atom. The van der Waals surface area contributed by atoms with Crippen LogP contribution in [0.2, 0.25) is 0 Å². The first kappa shape index (κ1) is 19.0. The quantitative estimate of drug-likeness (QED) is 0.179. The Bertz CT molecular complexity index is 741. The Labute approximate surface area is 156 Å². The number of hydrogen-bond donors (Lipinski definition) is 1. The van der Waals surface area contributed by atoms with Crippen LogP contribution in [0.5, 0.6) is 0 Å². The van der Waals surface area contributed by atoms with Crippen molar-refractivity contribution in [2.45, 2.75) is 6.54 Å². The summed E-state index contributed by atoms with van der Waals surface area (Å²) in [6.45, 7) is -0.460. The SMILES string of the molecule is CO/N=C(\C([O-])=N\[n+]1cnn(CC(=O)[O-])c1)c1csc(N)n1.[Na+]. The fraction of sp³-hybridized carbons (Fsp3) is 0.200. The maximum Gasteiger partial charge on any atom is 1.00 e. The topological polar surface area (TPSA) is 158 Å². The summed E-state index contributed by atoms with van der Waals surface area (Å²) >= 11 is 1.13. The average molecular weight is 347 g/mol. The van der Waals surface area contributed by atoms with Gasteiger partial charge in [0.2, 0.25) is 6.33 Å². The van der Waals surface area contributed by atoms with E-state index in [0.717, 1.165) is 27.0 Å². The van der Waals surface area contributed by atoms with Gasteiger partial charge in [0.05, 0.1) is 11.9 Å².